The molecule has 2 aromatic carbocycles. The zero-order valence-corrected chi connectivity index (χ0v) is 17.2. The molecule has 0 aliphatic heterocycles. The zero-order valence-electron chi connectivity index (χ0n) is 15.6. The van der Waals surface area contributed by atoms with Gasteiger partial charge in [-0.2, -0.15) is 5.26 Å². The highest BCUT2D eigenvalue weighted by molar-refractivity contribution is 7.99. The lowest BCUT2D eigenvalue weighted by atomic mass is 10.1. The molecule has 0 fully saturated rings. The molecule has 29 heavy (non-hydrogen) atoms. The van der Waals surface area contributed by atoms with Crippen LogP contribution in [0.1, 0.15) is 11.4 Å². The molecule has 0 atom stereocenters. The number of anilines is 1. The van der Waals surface area contributed by atoms with Crippen molar-refractivity contribution in [2.24, 2.45) is 7.05 Å². The van der Waals surface area contributed by atoms with E-state index in [-0.39, 0.29) is 18.3 Å². The van der Waals surface area contributed by atoms with Crippen molar-refractivity contribution in [1.29, 1.82) is 5.26 Å². The number of ether oxygens (including phenoxy) is 1. The average Bonchev–Trinajstić information content (AvgIpc) is 3.07. The Morgan fingerprint density at radius 2 is 2.00 bits per heavy atom. The number of halogens is 1. The van der Waals surface area contributed by atoms with Gasteiger partial charge in [0.2, 0.25) is 5.91 Å². The van der Waals surface area contributed by atoms with Gasteiger partial charge >= 0.3 is 0 Å². The fraction of sp³-hybridized carbons (Fsp3) is 0.200. The summed E-state index contributed by atoms with van der Waals surface area (Å²) in [6, 6.07) is 16.5. The largest absolute Gasteiger partial charge is 0.484 e. The van der Waals surface area contributed by atoms with Gasteiger partial charge in [0.1, 0.15) is 12.4 Å². The van der Waals surface area contributed by atoms with E-state index < -0.39 is 0 Å². The van der Waals surface area contributed by atoms with Crippen molar-refractivity contribution in [1.82, 2.24) is 14.8 Å². The molecule has 0 radical (unpaired) electrons. The lowest BCUT2D eigenvalue weighted by molar-refractivity contribution is -0.113. The second kappa shape index (κ2) is 9.96. The minimum atomic E-state index is -0.153. The number of para-hydroxylation sites is 1. The first-order valence-electron chi connectivity index (χ1n) is 8.71. The molecule has 1 amide bonds. The molecule has 1 N–H and O–H groups in total. The van der Waals surface area contributed by atoms with E-state index in [4.69, 9.17) is 21.6 Å². The second-order valence-corrected chi connectivity index (χ2v) is 7.40. The van der Waals surface area contributed by atoms with Crippen molar-refractivity contribution in [3.63, 3.8) is 0 Å². The summed E-state index contributed by atoms with van der Waals surface area (Å²) in [5.41, 5.74) is 1.59. The lowest BCUT2D eigenvalue weighted by Crippen LogP contribution is -2.14. The molecule has 0 saturated heterocycles. The van der Waals surface area contributed by atoms with Crippen molar-refractivity contribution >= 4 is 35.0 Å². The predicted octanol–water partition coefficient (Wildman–Crippen LogP) is 3.84. The van der Waals surface area contributed by atoms with Gasteiger partial charge in [0, 0.05) is 12.7 Å². The Kier molecular flexibility index (Phi) is 7.11. The Morgan fingerprint density at radius 3 is 2.72 bits per heavy atom. The summed E-state index contributed by atoms with van der Waals surface area (Å²) in [4.78, 5) is 12.2. The molecule has 1 aromatic heterocycles. The van der Waals surface area contributed by atoms with Crippen molar-refractivity contribution < 1.29 is 9.53 Å². The fourth-order valence-electron chi connectivity index (χ4n) is 2.42. The van der Waals surface area contributed by atoms with Gasteiger partial charge in [-0.25, -0.2) is 0 Å². The molecule has 0 spiro atoms. The summed E-state index contributed by atoms with van der Waals surface area (Å²) in [5, 5.41) is 20.9. The molecule has 1 heterocycles. The van der Waals surface area contributed by atoms with Crippen LogP contribution in [0.4, 0.5) is 5.69 Å². The number of nitrogens with zero attached hydrogens (tertiary/aromatic N) is 4. The van der Waals surface area contributed by atoms with E-state index in [9.17, 15) is 4.79 Å². The Morgan fingerprint density at radius 1 is 1.24 bits per heavy atom. The highest BCUT2D eigenvalue weighted by atomic mass is 35.5. The van der Waals surface area contributed by atoms with Gasteiger partial charge in [0.25, 0.3) is 0 Å². The molecule has 0 saturated carbocycles. The monoisotopic (exact) mass is 427 g/mol. The van der Waals surface area contributed by atoms with Gasteiger partial charge in [-0.15, -0.1) is 10.2 Å². The van der Waals surface area contributed by atoms with Gasteiger partial charge in [-0.3, -0.25) is 4.79 Å². The maximum Gasteiger partial charge on any atom is 0.234 e. The smallest absolute Gasteiger partial charge is 0.234 e. The maximum absolute atomic E-state index is 12.2. The van der Waals surface area contributed by atoms with Gasteiger partial charge in [-0.05, 0) is 29.8 Å². The third-order valence-electron chi connectivity index (χ3n) is 3.97. The number of rotatable bonds is 8. The number of hydrogen-bond acceptors (Lipinski definition) is 6. The Hall–Kier alpha value is -3.02. The number of nitriles is 1. The number of amides is 1. The number of thioether (sulfide) groups is 1. The number of aromatic nitrogens is 3. The summed E-state index contributed by atoms with van der Waals surface area (Å²) >= 11 is 7.36. The second-order valence-electron chi connectivity index (χ2n) is 6.05. The average molecular weight is 428 g/mol. The Bertz CT molecular complexity index is 1030. The number of benzene rings is 2. The van der Waals surface area contributed by atoms with E-state index in [0.717, 1.165) is 5.56 Å². The summed E-state index contributed by atoms with van der Waals surface area (Å²) < 4.78 is 7.47. The molecule has 3 aromatic rings. The number of nitrogens with one attached hydrogen (secondary N) is 1. The SMILES string of the molecule is Cn1c(COc2ccccc2Cl)nnc1SCC(=O)Nc1ccc(CC#N)cc1. The van der Waals surface area contributed by atoms with E-state index in [2.05, 4.69) is 21.6 Å². The lowest BCUT2D eigenvalue weighted by Gasteiger charge is -2.08. The zero-order chi connectivity index (χ0) is 20.6. The Labute approximate surface area is 177 Å². The van der Waals surface area contributed by atoms with Crippen molar-refractivity contribution in [2.75, 3.05) is 11.1 Å². The molecule has 0 aliphatic rings. The van der Waals surface area contributed by atoms with Crippen molar-refractivity contribution in [3.8, 4) is 11.8 Å². The first-order valence-corrected chi connectivity index (χ1v) is 10.1. The van der Waals surface area contributed by atoms with Crippen LogP contribution in [0, 0.1) is 11.3 Å². The molecule has 3 rings (SSSR count). The van der Waals surface area contributed by atoms with Crippen LogP contribution in [0.15, 0.2) is 53.7 Å². The van der Waals surface area contributed by atoms with Crippen LogP contribution < -0.4 is 10.1 Å². The number of carbonyl (C=O) groups excluding carboxylic acids is 1. The van der Waals surface area contributed by atoms with E-state index in [0.29, 0.717) is 33.9 Å². The summed E-state index contributed by atoms with van der Waals surface area (Å²) in [6.07, 6.45) is 0.346. The van der Waals surface area contributed by atoms with E-state index >= 15 is 0 Å². The van der Waals surface area contributed by atoms with E-state index in [1.54, 1.807) is 28.8 Å². The molecule has 0 unspecified atom stereocenters. The molecular formula is C20H18ClN5O2S. The van der Waals surface area contributed by atoms with Crippen LogP contribution in [0.5, 0.6) is 5.75 Å². The molecular weight excluding hydrogens is 410 g/mol. The topological polar surface area (TPSA) is 92.8 Å². The van der Waals surface area contributed by atoms with Crippen LogP contribution in [0.25, 0.3) is 0 Å². The maximum atomic E-state index is 12.2. The first kappa shape index (κ1) is 20.7. The highest BCUT2D eigenvalue weighted by Gasteiger charge is 2.13. The van der Waals surface area contributed by atoms with Crippen LogP contribution in [-0.4, -0.2) is 26.4 Å². The number of carbonyl (C=O) groups is 1. The van der Waals surface area contributed by atoms with Crippen LogP contribution >= 0.6 is 23.4 Å². The van der Waals surface area contributed by atoms with Crippen molar-refractivity contribution in [3.05, 3.63) is 64.9 Å². The first-order chi connectivity index (χ1) is 14.1. The van der Waals surface area contributed by atoms with Gasteiger partial charge in [0.05, 0.1) is 23.3 Å². The van der Waals surface area contributed by atoms with Gasteiger partial charge in [-0.1, -0.05) is 47.6 Å². The normalized spacial score (nSPS) is 10.4. The Balaban J connectivity index is 1.51. The quantitative estimate of drug-likeness (QED) is 0.549. The minimum Gasteiger partial charge on any atom is -0.484 e. The van der Waals surface area contributed by atoms with Crippen molar-refractivity contribution in [2.45, 2.75) is 18.2 Å². The minimum absolute atomic E-state index is 0.153. The fourth-order valence-corrected chi connectivity index (χ4v) is 3.35. The summed E-state index contributed by atoms with van der Waals surface area (Å²) in [5.74, 6) is 1.24. The van der Waals surface area contributed by atoms with E-state index in [1.165, 1.54) is 11.8 Å². The molecule has 9 heteroatoms. The molecule has 7 nitrogen and oxygen atoms in total. The van der Waals surface area contributed by atoms with Gasteiger partial charge < -0.3 is 14.6 Å². The third kappa shape index (κ3) is 5.73. The molecule has 0 aliphatic carbocycles. The summed E-state index contributed by atoms with van der Waals surface area (Å²) in [7, 11) is 1.82. The van der Waals surface area contributed by atoms with E-state index in [1.807, 2.05) is 31.3 Å². The standard InChI is InChI=1S/C20H18ClN5O2S/c1-26-18(12-28-17-5-3-2-4-16(17)21)24-25-20(26)29-13-19(27)23-15-8-6-14(7-9-15)10-11-22/h2-9H,10,12-13H2,1H3,(H,23,27). The van der Waals surface area contributed by atoms with Crippen LogP contribution in [-0.2, 0) is 24.9 Å². The number of hydrogen-bond donors (Lipinski definition) is 1. The molecule has 0 bridgehead atoms. The van der Waals surface area contributed by atoms with Gasteiger partial charge in [0.15, 0.2) is 11.0 Å². The predicted molar refractivity (Wildman–Crippen MR) is 112 cm³/mol. The summed E-state index contributed by atoms with van der Waals surface area (Å²) in [6.45, 7) is 0.217. The third-order valence-corrected chi connectivity index (χ3v) is 5.30. The van der Waals surface area contributed by atoms with Crippen LogP contribution in [0.2, 0.25) is 5.02 Å². The van der Waals surface area contributed by atoms with Crippen LogP contribution in [0.3, 0.4) is 0 Å². The molecule has 148 valence electrons. The highest BCUT2D eigenvalue weighted by Crippen LogP contribution is 2.24.